The van der Waals surface area contributed by atoms with Crippen molar-refractivity contribution in [2.24, 2.45) is 0 Å². The summed E-state index contributed by atoms with van der Waals surface area (Å²) in [5.74, 6) is 1.16. The molecule has 0 bridgehead atoms. The fraction of sp³-hybridized carbons (Fsp3) is 0.256. The zero-order chi connectivity index (χ0) is 28.6. The minimum Gasteiger partial charge on any atom is -1.00 e. The van der Waals surface area contributed by atoms with Gasteiger partial charge in [0.1, 0.15) is 0 Å². The van der Waals surface area contributed by atoms with E-state index in [1.807, 2.05) is 12.2 Å². The summed E-state index contributed by atoms with van der Waals surface area (Å²) in [6.45, 7) is 13.2. The minimum absolute atomic E-state index is 0. The molecular weight excluding hydrogens is 587 g/mol. The number of allylic oxidation sites excluding steroid dienone is 4. The maximum absolute atomic E-state index is 3.62. The first-order chi connectivity index (χ1) is 19.2. The second kappa shape index (κ2) is 17.0. The molecule has 0 heterocycles. The first-order valence-electron chi connectivity index (χ1n) is 14.4. The summed E-state index contributed by atoms with van der Waals surface area (Å²) in [6, 6.07) is 32.5. The predicted octanol–water partition coefficient (Wildman–Crippen LogP) is 4.04. The van der Waals surface area contributed by atoms with Crippen LogP contribution in [0.5, 0.6) is 0 Å². The Bertz CT molecular complexity index is 1390. The maximum Gasteiger partial charge on any atom is -0.109 e. The summed E-state index contributed by atoms with van der Waals surface area (Å²) >= 11 is 2.18. The van der Waals surface area contributed by atoms with Crippen LogP contribution < -0.4 is 24.8 Å². The number of hydrogen-bond acceptors (Lipinski definition) is 0. The molecule has 0 aliphatic heterocycles. The molecule has 42 heavy (non-hydrogen) atoms. The van der Waals surface area contributed by atoms with E-state index in [9.17, 15) is 0 Å². The van der Waals surface area contributed by atoms with Gasteiger partial charge >= 0.3 is 108 Å². The van der Waals surface area contributed by atoms with Crippen LogP contribution in [0.1, 0.15) is 90.5 Å². The van der Waals surface area contributed by atoms with E-state index in [0.717, 1.165) is 12.8 Å². The first-order valence-corrected chi connectivity index (χ1v) is 15.1. The summed E-state index contributed by atoms with van der Waals surface area (Å²) in [6.07, 6.45) is 11.0. The molecule has 0 saturated carbocycles. The smallest absolute Gasteiger partial charge is 0.109 e. The quantitative estimate of drug-likeness (QED) is 0.209. The van der Waals surface area contributed by atoms with Crippen LogP contribution in [-0.4, -0.2) is 3.81 Å². The molecule has 0 fully saturated rings. The Morgan fingerprint density at radius 2 is 1.29 bits per heavy atom. The minimum atomic E-state index is 0. The Morgan fingerprint density at radius 3 is 1.74 bits per heavy atom. The van der Waals surface area contributed by atoms with Gasteiger partial charge in [-0.05, 0) is 29.4 Å². The van der Waals surface area contributed by atoms with Gasteiger partial charge in [0.25, 0.3) is 0 Å². The van der Waals surface area contributed by atoms with Crippen molar-refractivity contribution >= 4 is 3.81 Å². The topological polar surface area (TPSA) is 0 Å². The van der Waals surface area contributed by atoms with Crippen LogP contribution in [0.4, 0.5) is 0 Å². The molecule has 4 aromatic carbocycles. The molecule has 0 atom stereocenters. The molecule has 6 rings (SSSR count). The summed E-state index contributed by atoms with van der Waals surface area (Å²) in [5.41, 5.74) is 13.6. The SMILES string of the molecule is CC(C)c1[c-]c2c(cc1)-c1ccc(C(C)C)cc1C2.Cc1ccc([C](=[Ti+2])c2ccc(C)cc2)cc1.[C-]1=CC=CC1.[Cl-].[Cl-]. The van der Waals surface area contributed by atoms with Crippen LogP contribution in [0.2, 0.25) is 0 Å². The molecular formula is C39H40Cl2Ti-2. The molecule has 0 N–H and O–H groups in total. The van der Waals surface area contributed by atoms with Crippen molar-refractivity contribution in [2.75, 3.05) is 0 Å². The van der Waals surface area contributed by atoms with Crippen LogP contribution in [0.3, 0.4) is 0 Å². The molecule has 0 aromatic heterocycles. The Kier molecular flexibility index (Phi) is 14.4. The van der Waals surface area contributed by atoms with Crippen molar-refractivity contribution < 1.29 is 44.8 Å². The van der Waals surface area contributed by atoms with Crippen LogP contribution in [0.25, 0.3) is 11.1 Å². The second-order valence-electron chi connectivity index (χ2n) is 11.3. The van der Waals surface area contributed by atoms with Gasteiger partial charge < -0.3 is 24.8 Å². The van der Waals surface area contributed by atoms with Gasteiger partial charge in [0.15, 0.2) is 0 Å². The van der Waals surface area contributed by atoms with Gasteiger partial charge in [-0.2, -0.15) is 29.8 Å². The molecule has 3 heteroatoms. The normalized spacial score (nSPS) is 11.9. The average molecular weight is 628 g/mol. The molecule has 2 aliphatic rings. The Morgan fingerprint density at radius 1 is 0.714 bits per heavy atom. The Labute approximate surface area is 278 Å². The van der Waals surface area contributed by atoms with Crippen LogP contribution in [0, 0.1) is 26.0 Å². The zero-order valence-electron chi connectivity index (χ0n) is 25.6. The number of halogens is 2. The van der Waals surface area contributed by atoms with Gasteiger partial charge in [0.2, 0.25) is 0 Å². The molecule has 0 nitrogen and oxygen atoms in total. The van der Waals surface area contributed by atoms with Gasteiger partial charge in [0.05, 0.1) is 0 Å². The van der Waals surface area contributed by atoms with Crippen molar-refractivity contribution in [3.63, 3.8) is 0 Å². The van der Waals surface area contributed by atoms with Crippen LogP contribution in [0.15, 0.2) is 97.1 Å². The van der Waals surface area contributed by atoms with E-state index in [2.05, 4.69) is 159 Å². The third-order valence-corrected chi connectivity index (χ3v) is 8.29. The third kappa shape index (κ3) is 9.52. The number of hydrogen-bond donors (Lipinski definition) is 0. The van der Waals surface area contributed by atoms with E-state index >= 15 is 0 Å². The van der Waals surface area contributed by atoms with E-state index in [1.54, 1.807) is 0 Å². The van der Waals surface area contributed by atoms with Crippen molar-refractivity contribution in [1.82, 2.24) is 0 Å². The fourth-order valence-corrected chi connectivity index (χ4v) is 5.33. The van der Waals surface area contributed by atoms with E-state index < -0.39 is 0 Å². The van der Waals surface area contributed by atoms with Crippen molar-refractivity contribution in [3.8, 4) is 11.1 Å². The number of rotatable bonds is 4. The van der Waals surface area contributed by atoms with E-state index in [1.165, 1.54) is 59.4 Å². The number of fused-ring (bicyclic) bond motifs is 3. The summed E-state index contributed by atoms with van der Waals surface area (Å²) in [7, 11) is 0. The third-order valence-electron chi connectivity index (χ3n) is 7.39. The van der Waals surface area contributed by atoms with Gasteiger partial charge in [-0.15, -0.1) is 17.5 Å². The van der Waals surface area contributed by atoms with E-state index in [4.69, 9.17) is 0 Å². The Hall–Kier alpha value is -2.48. The van der Waals surface area contributed by atoms with Crippen molar-refractivity contribution in [2.45, 2.75) is 66.2 Å². The largest absolute Gasteiger partial charge is 1.00 e. The first kappa shape index (κ1) is 35.7. The second-order valence-corrected chi connectivity index (χ2v) is 12.1. The molecule has 216 valence electrons. The summed E-state index contributed by atoms with van der Waals surface area (Å²) < 4.78 is 1.33. The summed E-state index contributed by atoms with van der Waals surface area (Å²) in [5, 5.41) is 0. The molecule has 0 radical (unpaired) electrons. The van der Waals surface area contributed by atoms with Gasteiger partial charge in [0, 0.05) is 0 Å². The average Bonchev–Trinajstić information content (AvgIpc) is 3.65. The van der Waals surface area contributed by atoms with Crippen molar-refractivity contribution in [3.05, 3.63) is 154 Å². The molecule has 0 unspecified atom stereocenters. The fourth-order valence-electron chi connectivity index (χ4n) is 4.81. The summed E-state index contributed by atoms with van der Waals surface area (Å²) in [4.78, 5) is 0. The van der Waals surface area contributed by atoms with Gasteiger partial charge in [-0.3, -0.25) is 6.08 Å². The van der Waals surface area contributed by atoms with E-state index in [0.29, 0.717) is 11.8 Å². The zero-order valence-corrected chi connectivity index (χ0v) is 28.6. The molecule has 0 saturated heterocycles. The Balaban J connectivity index is 0.000000244. The van der Waals surface area contributed by atoms with E-state index in [-0.39, 0.29) is 24.8 Å². The van der Waals surface area contributed by atoms with Crippen LogP contribution in [-0.2, 0) is 26.4 Å². The molecule has 2 aliphatic carbocycles. The molecule has 4 aromatic rings. The number of benzene rings is 4. The number of aryl methyl sites for hydroxylation is 2. The van der Waals surface area contributed by atoms with Crippen molar-refractivity contribution in [1.29, 1.82) is 0 Å². The van der Waals surface area contributed by atoms with Crippen LogP contribution >= 0.6 is 0 Å². The van der Waals surface area contributed by atoms with Gasteiger partial charge in [-0.25, -0.2) is 12.2 Å². The maximum atomic E-state index is 3.62. The molecule has 0 amide bonds. The molecule has 0 spiro atoms. The standard InChI is InChI=1S/C19H21.C15H14.C5H5.2ClH.Ti/c1-12(2)14-5-7-18-16(9-14)11-17-10-15(13(3)4)6-8-19(17)18;1-12-3-7-14(8-4-12)11-15-9-5-13(2)6-10-15;1-2-4-5-3-1;;;/h5-9,12-13H,11H2,1-4H3;3-10H,1-2H3;1-3H,4H2;2*1H;/q-1;;-1;;;+2/p-2. The monoisotopic (exact) mass is 626 g/mol. The van der Waals surface area contributed by atoms with Gasteiger partial charge in [-0.1, -0.05) is 51.5 Å². The predicted molar refractivity (Wildman–Crippen MR) is 169 cm³/mol.